The first kappa shape index (κ1) is 39.1. The van der Waals surface area contributed by atoms with Crippen LogP contribution in [0.4, 0.5) is 9.59 Å². The molecule has 1 unspecified atom stereocenters. The van der Waals surface area contributed by atoms with Crippen LogP contribution in [0, 0.1) is 11.8 Å². The van der Waals surface area contributed by atoms with Crippen molar-refractivity contribution >= 4 is 34.8 Å². The number of carbonyl (C=O) groups excluding carboxylic acids is 3. The molecule has 4 heterocycles. The maximum Gasteiger partial charge on any atom is 0.407 e. The highest BCUT2D eigenvalue weighted by Crippen LogP contribution is 2.35. The molecule has 4 amide bonds. The second-order valence-electron chi connectivity index (χ2n) is 15.6. The molecule has 5 N–H and O–H groups in total. The minimum atomic E-state index is -1.21. The number of nitrogens with one attached hydrogen (secondary N) is 4. The number of fused-ring (bicyclic) bond motifs is 1. The molecule has 0 bridgehead atoms. The Morgan fingerprint density at radius 1 is 0.684 bits per heavy atom. The van der Waals surface area contributed by atoms with Gasteiger partial charge in [0.1, 0.15) is 23.7 Å². The summed E-state index contributed by atoms with van der Waals surface area (Å²) in [4.78, 5) is 70.2. The lowest BCUT2D eigenvalue weighted by molar-refractivity contribution is -0.136. The Balaban J connectivity index is 1.03. The van der Waals surface area contributed by atoms with Gasteiger partial charge < -0.3 is 40.2 Å². The predicted octanol–water partition coefficient (Wildman–Crippen LogP) is 7.29. The summed E-state index contributed by atoms with van der Waals surface area (Å²) in [7, 11) is 1.29. The van der Waals surface area contributed by atoms with Gasteiger partial charge in [0.15, 0.2) is 0 Å². The quantitative estimate of drug-likeness (QED) is 0.0926. The molecule has 14 heteroatoms. The second kappa shape index (κ2) is 16.5. The van der Waals surface area contributed by atoms with Gasteiger partial charge in [-0.2, -0.15) is 0 Å². The number of carboxylic acid groups (broad SMARTS) is 1. The summed E-state index contributed by atoms with van der Waals surface area (Å²) in [5.41, 5.74) is 5.61. The van der Waals surface area contributed by atoms with Crippen LogP contribution in [-0.4, -0.2) is 91.1 Å². The molecular weight excluding hydrogens is 725 g/mol. The molecule has 0 spiro atoms. The van der Waals surface area contributed by atoms with Gasteiger partial charge in [0, 0.05) is 36.6 Å². The van der Waals surface area contributed by atoms with Crippen molar-refractivity contribution in [2.75, 3.05) is 20.2 Å². The number of alkyl carbamates (subject to hydrolysis) is 1. The zero-order valence-corrected chi connectivity index (χ0v) is 32.9. The number of hydrogen-bond acceptors (Lipinski definition) is 7. The van der Waals surface area contributed by atoms with Crippen LogP contribution in [0.1, 0.15) is 77.1 Å². The van der Waals surface area contributed by atoms with Gasteiger partial charge >= 0.3 is 12.2 Å². The molecule has 0 radical (unpaired) electrons. The van der Waals surface area contributed by atoms with Crippen LogP contribution >= 0.6 is 0 Å². The summed E-state index contributed by atoms with van der Waals surface area (Å²) in [5, 5.41) is 16.5. The fourth-order valence-corrected chi connectivity index (χ4v) is 8.06. The van der Waals surface area contributed by atoms with Crippen molar-refractivity contribution in [1.82, 2.24) is 40.4 Å². The number of ether oxygens (including phenoxy) is 1. The predicted molar refractivity (Wildman–Crippen MR) is 216 cm³/mol. The molecule has 2 saturated heterocycles. The van der Waals surface area contributed by atoms with Gasteiger partial charge in [-0.1, -0.05) is 76.2 Å². The van der Waals surface area contributed by atoms with Crippen molar-refractivity contribution in [2.45, 2.75) is 77.5 Å². The van der Waals surface area contributed by atoms with Crippen molar-refractivity contribution in [3.8, 4) is 33.6 Å². The summed E-state index contributed by atoms with van der Waals surface area (Å²) in [6.45, 7) is 8.61. The molecule has 298 valence electrons. The lowest BCUT2D eigenvalue weighted by Gasteiger charge is -2.29. The van der Waals surface area contributed by atoms with E-state index in [1.807, 2.05) is 57.1 Å². The van der Waals surface area contributed by atoms with E-state index in [0.717, 1.165) is 75.9 Å². The first-order valence-electron chi connectivity index (χ1n) is 19.6. The number of imidazole rings is 2. The van der Waals surface area contributed by atoms with E-state index < -0.39 is 24.3 Å². The van der Waals surface area contributed by atoms with Crippen LogP contribution in [0.3, 0.4) is 0 Å². The van der Waals surface area contributed by atoms with Crippen LogP contribution in [0.15, 0.2) is 73.1 Å². The Morgan fingerprint density at radius 2 is 1.14 bits per heavy atom. The van der Waals surface area contributed by atoms with Crippen molar-refractivity contribution in [3.63, 3.8) is 0 Å². The highest BCUT2D eigenvalue weighted by atomic mass is 16.5. The van der Waals surface area contributed by atoms with Crippen LogP contribution in [0.2, 0.25) is 0 Å². The summed E-state index contributed by atoms with van der Waals surface area (Å²) >= 11 is 0. The molecule has 2 aliphatic rings. The minimum absolute atomic E-state index is 0.108. The van der Waals surface area contributed by atoms with E-state index in [4.69, 9.17) is 14.7 Å². The van der Waals surface area contributed by atoms with Crippen molar-refractivity contribution < 1.29 is 29.0 Å². The number of aromatic amines is 2. The van der Waals surface area contributed by atoms with Crippen LogP contribution in [-0.2, 0) is 14.3 Å². The molecule has 0 saturated carbocycles. The average Bonchev–Trinajstić information content (AvgIpc) is 4.05. The Labute approximate surface area is 331 Å². The van der Waals surface area contributed by atoms with E-state index in [2.05, 4.69) is 69.1 Å². The number of aromatic nitrogens is 4. The van der Waals surface area contributed by atoms with Gasteiger partial charge in [-0.25, -0.2) is 19.6 Å². The summed E-state index contributed by atoms with van der Waals surface area (Å²) in [5.74, 6) is 0.754. The third-order valence-corrected chi connectivity index (χ3v) is 11.2. The van der Waals surface area contributed by atoms with E-state index in [1.54, 1.807) is 4.90 Å². The van der Waals surface area contributed by atoms with E-state index in [-0.39, 0.29) is 35.7 Å². The van der Waals surface area contributed by atoms with E-state index in [1.165, 1.54) is 7.11 Å². The first-order chi connectivity index (χ1) is 27.4. The number of H-pyrrole nitrogens is 2. The number of nitrogens with zero attached hydrogens (tertiary/aromatic N) is 4. The summed E-state index contributed by atoms with van der Waals surface area (Å²) in [6, 6.07) is 18.9. The number of benzene rings is 3. The highest BCUT2D eigenvalue weighted by molar-refractivity contribution is 5.91. The monoisotopic (exact) mass is 774 g/mol. The number of likely N-dealkylation sites (tertiary alicyclic amines) is 2. The SMILES string of the molecule is COC(=O)N[C@H](C(=O)N1CCCC1c1nc(-c2ccc3cc(-c4ccc(-c5c[nH]c([C@@H]6CCCN6C(=O)[C@@H](NC(=O)O)C(C)C)n5)cc4)ccc3c2)c[nH]1)C(C)C. The van der Waals surface area contributed by atoms with Crippen LogP contribution in [0.25, 0.3) is 44.4 Å². The first-order valence-corrected chi connectivity index (χ1v) is 19.6. The Kier molecular flexibility index (Phi) is 11.3. The van der Waals surface area contributed by atoms with Crippen molar-refractivity contribution in [2.24, 2.45) is 11.8 Å². The summed E-state index contributed by atoms with van der Waals surface area (Å²) < 4.78 is 4.76. The molecule has 5 aromatic rings. The van der Waals surface area contributed by atoms with E-state index in [9.17, 15) is 24.3 Å². The third kappa shape index (κ3) is 8.21. The fourth-order valence-electron chi connectivity index (χ4n) is 8.06. The smallest absolute Gasteiger partial charge is 0.407 e. The molecule has 3 aromatic carbocycles. The molecule has 2 aromatic heterocycles. The lowest BCUT2D eigenvalue weighted by atomic mass is 9.98. The number of hydrogen-bond donors (Lipinski definition) is 5. The number of amides is 4. The maximum atomic E-state index is 13.6. The second-order valence-corrected chi connectivity index (χ2v) is 15.6. The standard InChI is InChI=1S/C43H50N8O6/c1-24(2)36(48-42(54)55)40(52)50-18-6-8-34(50)38-44-22-32(46-38)27-12-10-26(11-13-27)28-14-15-30-21-31(17-16-29(30)20-28)33-23-45-39(47-33)35-9-7-19-51(35)41(53)37(25(3)4)49-43(56)57-5/h10-17,20-25,34-37,48H,6-9,18-19H2,1-5H3,(H,44,46)(H,45,47)(H,49,56)(H,54,55)/t34-,35?,36-,37-/m0/s1. The summed E-state index contributed by atoms with van der Waals surface area (Å²) in [6.07, 6.45) is 5.09. The minimum Gasteiger partial charge on any atom is -0.465 e. The molecule has 14 nitrogen and oxygen atoms in total. The zero-order chi connectivity index (χ0) is 40.4. The van der Waals surface area contributed by atoms with Crippen LogP contribution in [0.5, 0.6) is 0 Å². The van der Waals surface area contributed by atoms with Crippen molar-refractivity contribution in [3.05, 3.63) is 84.7 Å². The lowest BCUT2D eigenvalue weighted by Crippen LogP contribution is -2.51. The fraction of sp³-hybridized carbons (Fsp3) is 0.395. The number of carbonyl (C=O) groups is 4. The molecule has 57 heavy (non-hydrogen) atoms. The van der Waals surface area contributed by atoms with Gasteiger partial charge in [0.2, 0.25) is 11.8 Å². The Hall–Kier alpha value is -6.18. The molecular formula is C43H50N8O6. The largest absolute Gasteiger partial charge is 0.465 e. The number of rotatable bonds is 11. The zero-order valence-electron chi connectivity index (χ0n) is 32.9. The molecule has 2 fully saturated rings. The highest BCUT2D eigenvalue weighted by Gasteiger charge is 2.39. The molecule has 7 rings (SSSR count). The van der Waals surface area contributed by atoms with E-state index >= 15 is 0 Å². The van der Waals surface area contributed by atoms with Crippen molar-refractivity contribution in [1.29, 1.82) is 0 Å². The van der Waals surface area contributed by atoms with Gasteiger partial charge in [-0.3, -0.25) is 9.59 Å². The topological polar surface area (TPSA) is 186 Å². The van der Waals surface area contributed by atoms with E-state index in [0.29, 0.717) is 18.9 Å². The molecule has 4 atom stereocenters. The normalized spacial score (nSPS) is 17.9. The van der Waals surface area contributed by atoms with Crippen LogP contribution < -0.4 is 10.6 Å². The third-order valence-electron chi connectivity index (χ3n) is 11.2. The Morgan fingerprint density at radius 3 is 1.65 bits per heavy atom. The van der Waals surface area contributed by atoms with Gasteiger partial charge in [-0.05, 0) is 71.6 Å². The molecule has 0 aliphatic carbocycles. The Bertz CT molecular complexity index is 2260. The van der Waals surface area contributed by atoms with Gasteiger partial charge in [0.25, 0.3) is 0 Å². The average molecular weight is 775 g/mol. The number of methoxy groups -OCH3 is 1. The molecule has 2 aliphatic heterocycles. The van der Waals surface area contributed by atoms with Gasteiger partial charge in [-0.15, -0.1) is 0 Å². The maximum absolute atomic E-state index is 13.6. The van der Waals surface area contributed by atoms with Gasteiger partial charge in [0.05, 0.1) is 30.6 Å².